The van der Waals surface area contributed by atoms with E-state index in [0.29, 0.717) is 17.5 Å². The molecule has 0 atom stereocenters. The van der Waals surface area contributed by atoms with Gasteiger partial charge in [-0.1, -0.05) is 26.0 Å². The number of ether oxygens (including phenoxy) is 1. The first-order valence-corrected chi connectivity index (χ1v) is 6.84. The molecule has 2 aromatic rings. The number of carboxylic acids is 1. The van der Waals surface area contributed by atoms with Crippen LogP contribution in [0.4, 0.5) is 0 Å². The van der Waals surface area contributed by atoms with E-state index in [1.807, 2.05) is 18.2 Å². The molecule has 1 N–H and O–H groups in total. The molecule has 0 saturated carbocycles. The molecule has 0 saturated heterocycles. The zero-order valence-electron chi connectivity index (χ0n) is 10.8. The highest BCUT2D eigenvalue weighted by molar-refractivity contribution is 7.09. The Morgan fingerprint density at radius 3 is 2.89 bits per heavy atom. The third-order valence-electron chi connectivity index (χ3n) is 2.66. The Labute approximate surface area is 115 Å². The van der Waals surface area contributed by atoms with E-state index in [-0.39, 0.29) is 5.69 Å². The predicted octanol–water partition coefficient (Wildman–Crippen LogP) is 3.54. The molecule has 100 valence electrons. The van der Waals surface area contributed by atoms with Gasteiger partial charge in [0.15, 0.2) is 5.69 Å². The molecule has 0 aliphatic heterocycles. The van der Waals surface area contributed by atoms with Gasteiger partial charge in [-0.15, -0.1) is 11.3 Å². The molecule has 0 bridgehead atoms. The van der Waals surface area contributed by atoms with Gasteiger partial charge in [-0.25, -0.2) is 9.78 Å². The van der Waals surface area contributed by atoms with E-state index < -0.39 is 5.97 Å². The average molecular weight is 277 g/mol. The van der Waals surface area contributed by atoms with Gasteiger partial charge in [0, 0.05) is 5.38 Å². The maximum atomic E-state index is 10.7. The highest BCUT2D eigenvalue weighted by Crippen LogP contribution is 2.21. The smallest absolute Gasteiger partial charge is 0.355 e. The van der Waals surface area contributed by atoms with Crippen molar-refractivity contribution in [2.24, 2.45) is 0 Å². The van der Waals surface area contributed by atoms with Crippen LogP contribution in [-0.2, 0) is 6.61 Å². The van der Waals surface area contributed by atoms with Gasteiger partial charge < -0.3 is 9.84 Å². The van der Waals surface area contributed by atoms with E-state index >= 15 is 0 Å². The van der Waals surface area contributed by atoms with Crippen LogP contribution in [0.5, 0.6) is 5.75 Å². The molecular weight excluding hydrogens is 262 g/mol. The number of carboxylic acid groups (broad SMARTS) is 1. The number of rotatable bonds is 5. The standard InChI is InChI=1S/C14H15NO3S/c1-9(2)10-4-3-5-11(6-10)18-7-13-15-12(8-19-13)14(16)17/h3-6,8-9H,7H2,1-2H3,(H,16,17). The summed E-state index contributed by atoms with van der Waals surface area (Å²) in [6.07, 6.45) is 0. The molecule has 0 fully saturated rings. The van der Waals surface area contributed by atoms with Crippen LogP contribution in [0.3, 0.4) is 0 Å². The number of thiazole rings is 1. The molecule has 4 nitrogen and oxygen atoms in total. The lowest BCUT2D eigenvalue weighted by Crippen LogP contribution is -1.99. The van der Waals surface area contributed by atoms with Crippen molar-refractivity contribution >= 4 is 17.3 Å². The van der Waals surface area contributed by atoms with Crippen LogP contribution in [0.25, 0.3) is 0 Å². The molecule has 1 aromatic carbocycles. The van der Waals surface area contributed by atoms with Crippen molar-refractivity contribution in [3.8, 4) is 5.75 Å². The summed E-state index contributed by atoms with van der Waals surface area (Å²) in [4.78, 5) is 14.7. The topological polar surface area (TPSA) is 59.4 Å². The molecule has 0 aliphatic rings. The number of aromatic carboxylic acids is 1. The van der Waals surface area contributed by atoms with Crippen LogP contribution >= 0.6 is 11.3 Å². The Hall–Kier alpha value is -1.88. The number of benzene rings is 1. The lowest BCUT2D eigenvalue weighted by atomic mass is 10.0. The number of aromatic nitrogens is 1. The van der Waals surface area contributed by atoms with Gasteiger partial charge in [0.1, 0.15) is 17.4 Å². The first-order chi connectivity index (χ1) is 9.06. The molecule has 0 radical (unpaired) electrons. The second kappa shape index (κ2) is 5.84. The van der Waals surface area contributed by atoms with Gasteiger partial charge in [-0.3, -0.25) is 0 Å². The number of carbonyl (C=O) groups is 1. The van der Waals surface area contributed by atoms with E-state index in [1.54, 1.807) is 0 Å². The second-order valence-corrected chi connectivity index (χ2v) is 5.39. The Morgan fingerprint density at radius 1 is 1.47 bits per heavy atom. The van der Waals surface area contributed by atoms with Crippen LogP contribution in [-0.4, -0.2) is 16.1 Å². The Balaban J connectivity index is 2.01. The fourth-order valence-electron chi connectivity index (χ4n) is 1.58. The van der Waals surface area contributed by atoms with Crippen molar-refractivity contribution in [2.75, 3.05) is 0 Å². The summed E-state index contributed by atoms with van der Waals surface area (Å²) in [7, 11) is 0. The lowest BCUT2D eigenvalue weighted by molar-refractivity contribution is 0.0691. The summed E-state index contributed by atoms with van der Waals surface area (Å²) >= 11 is 1.29. The van der Waals surface area contributed by atoms with Crippen molar-refractivity contribution in [2.45, 2.75) is 26.4 Å². The highest BCUT2D eigenvalue weighted by atomic mass is 32.1. The van der Waals surface area contributed by atoms with Crippen molar-refractivity contribution < 1.29 is 14.6 Å². The fourth-order valence-corrected chi connectivity index (χ4v) is 2.26. The van der Waals surface area contributed by atoms with E-state index in [1.165, 1.54) is 22.3 Å². The molecule has 19 heavy (non-hydrogen) atoms. The summed E-state index contributed by atoms with van der Waals surface area (Å²) in [5.41, 5.74) is 1.28. The molecule has 5 heteroatoms. The van der Waals surface area contributed by atoms with Gasteiger partial charge in [0.25, 0.3) is 0 Å². The molecule has 0 amide bonds. The molecule has 1 heterocycles. The van der Waals surface area contributed by atoms with Gasteiger partial charge >= 0.3 is 5.97 Å². The van der Waals surface area contributed by atoms with Gasteiger partial charge in [-0.2, -0.15) is 0 Å². The maximum absolute atomic E-state index is 10.7. The quantitative estimate of drug-likeness (QED) is 0.908. The van der Waals surface area contributed by atoms with Crippen LogP contribution < -0.4 is 4.74 Å². The van der Waals surface area contributed by atoms with Crippen molar-refractivity contribution in [3.63, 3.8) is 0 Å². The van der Waals surface area contributed by atoms with Crippen LogP contribution in [0.1, 0.15) is 40.8 Å². The first-order valence-electron chi connectivity index (χ1n) is 5.96. The normalized spacial score (nSPS) is 10.7. The maximum Gasteiger partial charge on any atom is 0.355 e. The SMILES string of the molecule is CC(C)c1cccc(OCc2nc(C(=O)O)cs2)c1. The predicted molar refractivity (Wildman–Crippen MR) is 73.9 cm³/mol. The molecule has 0 unspecified atom stereocenters. The number of nitrogens with zero attached hydrogens (tertiary/aromatic N) is 1. The second-order valence-electron chi connectivity index (χ2n) is 4.45. The number of hydrogen-bond acceptors (Lipinski definition) is 4. The van der Waals surface area contributed by atoms with Crippen LogP contribution in [0.2, 0.25) is 0 Å². The van der Waals surface area contributed by atoms with Crippen molar-refractivity contribution in [1.82, 2.24) is 4.98 Å². The monoisotopic (exact) mass is 277 g/mol. The highest BCUT2D eigenvalue weighted by Gasteiger charge is 2.09. The summed E-state index contributed by atoms with van der Waals surface area (Å²) < 4.78 is 5.63. The zero-order chi connectivity index (χ0) is 13.8. The zero-order valence-corrected chi connectivity index (χ0v) is 11.6. The first kappa shape index (κ1) is 13.5. The molecular formula is C14H15NO3S. The van der Waals surface area contributed by atoms with E-state index in [4.69, 9.17) is 9.84 Å². The molecule has 1 aromatic heterocycles. The third-order valence-corrected chi connectivity index (χ3v) is 3.48. The van der Waals surface area contributed by atoms with Crippen molar-refractivity contribution in [3.05, 3.63) is 45.9 Å². The van der Waals surface area contributed by atoms with E-state index in [9.17, 15) is 4.79 Å². The fraction of sp³-hybridized carbons (Fsp3) is 0.286. The minimum Gasteiger partial charge on any atom is -0.486 e. The largest absolute Gasteiger partial charge is 0.486 e. The Morgan fingerprint density at radius 2 is 2.26 bits per heavy atom. The molecule has 0 aliphatic carbocycles. The van der Waals surface area contributed by atoms with Gasteiger partial charge in [0.2, 0.25) is 0 Å². The Kier molecular flexibility index (Phi) is 4.16. The average Bonchev–Trinajstić information content (AvgIpc) is 2.85. The van der Waals surface area contributed by atoms with Gasteiger partial charge in [-0.05, 0) is 23.6 Å². The molecule has 2 rings (SSSR count). The van der Waals surface area contributed by atoms with Crippen LogP contribution in [0, 0.1) is 0 Å². The minimum absolute atomic E-state index is 0.0690. The van der Waals surface area contributed by atoms with Crippen LogP contribution in [0.15, 0.2) is 29.6 Å². The summed E-state index contributed by atoms with van der Waals surface area (Å²) in [5, 5.41) is 11.0. The molecule has 0 spiro atoms. The summed E-state index contributed by atoms with van der Waals surface area (Å²) in [6, 6.07) is 7.90. The Bertz CT molecular complexity index is 578. The number of hydrogen-bond donors (Lipinski definition) is 1. The van der Waals surface area contributed by atoms with E-state index in [0.717, 1.165) is 5.75 Å². The van der Waals surface area contributed by atoms with E-state index in [2.05, 4.69) is 24.9 Å². The van der Waals surface area contributed by atoms with Gasteiger partial charge in [0.05, 0.1) is 0 Å². The minimum atomic E-state index is -1.01. The third kappa shape index (κ3) is 3.54. The van der Waals surface area contributed by atoms with Crippen molar-refractivity contribution in [1.29, 1.82) is 0 Å². The summed E-state index contributed by atoms with van der Waals surface area (Å²) in [6.45, 7) is 4.54. The lowest BCUT2D eigenvalue weighted by Gasteiger charge is -2.08. The summed E-state index contributed by atoms with van der Waals surface area (Å²) in [5.74, 6) is 0.213.